The monoisotopic (exact) mass is 400 g/mol. The zero-order chi connectivity index (χ0) is 20.8. The number of nitrogens with one attached hydrogen (secondary N) is 1. The van der Waals surface area contributed by atoms with E-state index in [1.165, 1.54) is 7.11 Å². The topological polar surface area (TPSA) is 85.7 Å². The van der Waals surface area contributed by atoms with Gasteiger partial charge in [0.05, 0.1) is 18.4 Å². The average molecular weight is 400 g/mol. The lowest BCUT2D eigenvalue weighted by molar-refractivity contribution is -0.136. The largest absolute Gasteiger partial charge is 0.497 e. The molecule has 0 unspecified atom stereocenters. The number of nitrogens with zero attached hydrogens (tertiary/aromatic N) is 3. The van der Waals surface area contributed by atoms with Gasteiger partial charge >= 0.3 is 0 Å². The van der Waals surface area contributed by atoms with Crippen LogP contribution in [-0.2, 0) is 23.0 Å². The predicted octanol–water partition coefficient (Wildman–Crippen LogP) is 2.11. The maximum absolute atomic E-state index is 12.8. The summed E-state index contributed by atoms with van der Waals surface area (Å²) in [5.41, 5.74) is 2.08. The first-order valence-corrected chi connectivity index (χ1v) is 9.74. The highest BCUT2D eigenvalue weighted by molar-refractivity contribution is 6.04. The average Bonchev–Trinajstić information content (AvgIpc) is 3.09. The van der Waals surface area contributed by atoms with Crippen LogP contribution in [0.3, 0.4) is 0 Å². The summed E-state index contributed by atoms with van der Waals surface area (Å²) in [6.07, 6.45) is 4.26. The summed E-state index contributed by atoms with van der Waals surface area (Å²) in [5, 5.41) is 7.44. The Morgan fingerprint density at radius 2 is 1.86 bits per heavy atom. The van der Waals surface area contributed by atoms with E-state index in [1.807, 2.05) is 11.9 Å². The van der Waals surface area contributed by atoms with E-state index in [0.29, 0.717) is 30.3 Å². The number of aryl methyl sites for hydroxylation is 1. The van der Waals surface area contributed by atoms with Crippen LogP contribution < -0.4 is 10.1 Å². The van der Waals surface area contributed by atoms with Gasteiger partial charge < -0.3 is 19.7 Å². The number of aromatic nitrogens is 2. The zero-order valence-corrected chi connectivity index (χ0v) is 17.2. The van der Waals surface area contributed by atoms with E-state index in [4.69, 9.17) is 9.47 Å². The molecule has 0 bridgehead atoms. The number of anilines is 1. The molecule has 3 rings (SSSR count). The molecule has 156 valence electrons. The SMILES string of the molecule is COCC(=O)N1CCC(Cc2nn(C)cc2C(=O)Nc2ccc(OC)cc2)CC1. The second-order valence-electron chi connectivity index (χ2n) is 7.31. The van der Waals surface area contributed by atoms with Crippen molar-refractivity contribution in [2.45, 2.75) is 19.3 Å². The number of carbonyl (C=O) groups is 2. The van der Waals surface area contributed by atoms with Crippen molar-refractivity contribution in [2.24, 2.45) is 13.0 Å². The molecule has 1 fully saturated rings. The molecule has 8 nitrogen and oxygen atoms in total. The first-order valence-electron chi connectivity index (χ1n) is 9.74. The van der Waals surface area contributed by atoms with Gasteiger partial charge in [-0.3, -0.25) is 14.3 Å². The third-order valence-electron chi connectivity index (χ3n) is 5.21. The van der Waals surface area contributed by atoms with Crippen LogP contribution in [-0.4, -0.2) is 60.4 Å². The van der Waals surface area contributed by atoms with Gasteiger partial charge in [0.2, 0.25) is 5.91 Å². The third-order valence-corrected chi connectivity index (χ3v) is 5.21. The molecule has 29 heavy (non-hydrogen) atoms. The molecule has 2 heterocycles. The molecular weight excluding hydrogens is 372 g/mol. The molecule has 0 spiro atoms. The van der Waals surface area contributed by atoms with Crippen LogP contribution >= 0.6 is 0 Å². The Hall–Kier alpha value is -2.87. The van der Waals surface area contributed by atoms with Gasteiger partial charge in [0.1, 0.15) is 12.4 Å². The molecule has 1 aliphatic rings. The standard InChI is InChI=1S/C21H28N4O4/c1-24-13-18(21(27)22-16-4-6-17(29-3)7-5-16)19(23-24)12-15-8-10-25(11-9-15)20(26)14-28-2/h4-7,13,15H,8-12,14H2,1-3H3,(H,22,27). The van der Waals surface area contributed by atoms with Crippen LogP contribution in [0.2, 0.25) is 0 Å². The van der Waals surface area contributed by atoms with Crippen LogP contribution in [0.4, 0.5) is 5.69 Å². The molecule has 0 atom stereocenters. The summed E-state index contributed by atoms with van der Waals surface area (Å²) in [6.45, 7) is 1.56. The van der Waals surface area contributed by atoms with Crippen molar-refractivity contribution in [3.63, 3.8) is 0 Å². The van der Waals surface area contributed by atoms with Crippen LogP contribution in [0.5, 0.6) is 5.75 Å². The molecule has 0 saturated carbocycles. The summed E-state index contributed by atoms with van der Waals surface area (Å²) < 4.78 is 11.8. The first kappa shape index (κ1) is 20.9. The Morgan fingerprint density at radius 1 is 1.17 bits per heavy atom. The number of ether oxygens (including phenoxy) is 2. The Morgan fingerprint density at radius 3 is 2.48 bits per heavy atom. The van der Waals surface area contributed by atoms with Gasteiger partial charge in [0, 0.05) is 39.1 Å². The Kier molecular flexibility index (Phi) is 6.87. The molecular formula is C21H28N4O4. The number of methoxy groups -OCH3 is 2. The summed E-state index contributed by atoms with van der Waals surface area (Å²) in [6, 6.07) is 7.22. The van der Waals surface area contributed by atoms with E-state index in [2.05, 4.69) is 10.4 Å². The number of likely N-dealkylation sites (tertiary alicyclic amines) is 1. The second-order valence-corrected chi connectivity index (χ2v) is 7.31. The fourth-order valence-electron chi connectivity index (χ4n) is 3.62. The van der Waals surface area contributed by atoms with Gasteiger partial charge in [0.15, 0.2) is 0 Å². The van der Waals surface area contributed by atoms with E-state index >= 15 is 0 Å². The molecule has 1 saturated heterocycles. The summed E-state index contributed by atoms with van der Waals surface area (Å²) >= 11 is 0. The van der Waals surface area contributed by atoms with E-state index in [0.717, 1.165) is 30.7 Å². The van der Waals surface area contributed by atoms with Crippen molar-refractivity contribution in [1.82, 2.24) is 14.7 Å². The zero-order valence-electron chi connectivity index (χ0n) is 17.2. The number of hydrogen-bond acceptors (Lipinski definition) is 5. The van der Waals surface area contributed by atoms with Crippen molar-refractivity contribution in [3.05, 3.63) is 41.7 Å². The van der Waals surface area contributed by atoms with Gasteiger partial charge in [-0.05, 0) is 49.4 Å². The lowest BCUT2D eigenvalue weighted by atomic mass is 9.91. The van der Waals surface area contributed by atoms with E-state index in [9.17, 15) is 9.59 Å². The van der Waals surface area contributed by atoms with Crippen LogP contribution in [0.25, 0.3) is 0 Å². The minimum absolute atomic E-state index is 0.0309. The fraction of sp³-hybridized carbons (Fsp3) is 0.476. The Labute approximate surface area is 170 Å². The molecule has 2 aromatic rings. The molecule has 2 amide bonds. The fourth-order valence-corrected chi connectivity index (χ4v) is 3.62. The quantitative estimate of drug-likeness (QED) is 0.769. The number of amides is 2. The van der Waals surface area contributed by atoms with Gasteiger partial charge in [-0.25, -0.2) is 0 Å². The second kappa shape index (κ2) is 9.56. The normalized spacial score (nSPS) is 14.7. The minimum atomic E-state index is -0.175. The van der Waals surface area contributed by atoms with Crippen LogP contribution in [0.15, 0.2) is 30.5 Å². The van der Waals surface area contributed by atoms with Gasteiger partial charge in [-0.2, -0.15) is 5.10 Å². The predicted molar refractivity (Wildman–Crippen MR) is 109 cm³/mol. The van der Waals surface area contributed by atoms with Gasteiger partial charge in [-0.1, -0.05) is 0 Å². The smallest absolute Gasteiger partial charge is 0.259 e. The first-order chi connectivity index (χ1) is 14.0. The Bertz CT molecular complexity index is 839. The van der Waals surface area contributed by atoms with Crippen molar-refractivity contribution in [1.29, 1.82) is 0 Å². The summed E-state index contributed by atoms with van der Waals surface area (Å²) in [5.74, 6) is 0.985. The highest BCUT2D eigenvalue weighted by atomic mass is 16.5. The highest BCUT2D eigenvalue weighted by Gasteiger charge is 2.25. The van der Waals surface area contributed by atoms with Gasteiger partial charge in [0.25, 0.3) is 5.91 Å². The molecule has 0 aliphatic carbocycles. The lowest BCUT2D eigenvalue weighted by Crippen LogP contribution is -2.40. The van der Waals surface area contributed by atoms with Crippen molar-refractivity contribution >= 4 is 17.5 Å². The summed E-state index contributed by atoms with van der Waals surface area (Å²) in [4.78, 5) is 26.6. The van der Waals surface area contributed by atoms with Crippen molar-refractivity contribution in [2.75, 3.05) is 39.2 Å². The number of piperidine rings is 1. The molecule has 1 aliphatic heterocycles. The number of rotatable bonds is 7. The molecule has 1 aromatic heterocycles. The Balaban J connectivity index is 1.61. The van der Waals surface area contributed by atoms with E-state index in [1.54, 1.807) is 42.3 Å². The lowest BCUT2D eigenvalue weighted by Gasteiger charge is -2.31. The van der Waals surface area contributed by atoms with Crippen LogP contribution in [0, 0.1) is 5.92 Å². The summed E-state index contributed by atoms with van der Waals surface area (Å²) in [7, 11) is 4.96. The number of carbonyl (C=O) groups excluding carboxylic acids is 2. The molecule has 1 N–H and O–H groups in total. The minimum Gasteiger partial charge on any atom is -0.497 e. The van der Waals surface area contributed by atoms with Crippen molar-refractivity contribution < 1.29 is 19.1 Å². The van der Waals surface area contributed by atoms with Crippen molar-refractivity contribution in [3.8, 4) is 5.75 Å². The molecule has 1 aromatic carbocycles. The number of hydrogen-bond donors (Lipinski definition) is 1. The van der Waals surface area contributed by atoms with E-state index < -0.39 is 0 Å². The van der Waals surface area contributed by atoms with Gasteiger partial charge in [-0.15, -0.1) is 0 Å². The van der Waals surface area contributed by atoms with Crippen LogP contribution in [0.1, 0.15) is 28.9 Å². The molecule has 8 heteroatoms. The number of benzene rings is 1. The van der Waals surface area contributed by atoms with E-state index in [-0.39, 0.29) is 18.4 Å². The molecule has 0 radical (unpaired) electrons. The maximum atomic E-state index is 12.8. The highest BCUT2D eigenvalue weighted by Crippen LogP contribution is 2.24. The third kappa shape index (κ3) is 5.35. The maximum Gasteiger partial charge on any atom is 0.259 e.